The molecule has 140 valence electrons. The summed E-state index contributed by atoms with van der Waals surface area (Å²) in [6, 6.07) is 19.5. The van der Waals surface area contributed by atoms with Crippen molar-refractivity contribution in [2.75, 3.05) is 7.11 Å². The predicted octanol–water partition coefficient (Wildman–Crippen LogP) is 4.34. The monoisotopic (exact) mass is 373 g/mol. The van der Waals surface area contributed by atoms with Crippen LogP contribution in [-0.4, -0.2) is 24.0 Å². The molecule has 0 radical (unpaired) electrons. The number of benzene rings is 3. The van der Waals surface area contributed by atoms with E-state index in [1.807, 2.05) is 18.2 Å². The van der Waals surface area contributed by atoms with Gasteiger partial charge in [-0.3, -0.25) is 9.59 Å². The summed E-state index contributed by atoms with van der Waals surface area (Å²) in [6.07, 6.45) is -0.689. The Morgan fingerprint density at radius 1 is 0.893 bits per heavy atom. The van der Waals surface area contributed by atoms with Gasteiger partial charge < -0.3 is 14.5 Å². The van der Waals surface area contributed by atoms with Crippen molar-refractivity contribution in [2.45, 2.75) is 13.0 Å². The van der Waals surface area contributed by atoms with Gasteiger partial charge >= 0.3 is 0 Å². The largest absolute Gasteiger partial charge is 0.497 e. The van der Waals surface area contributed by atoms with Crippen LogP contribution in [0.4, 0.5) is 0 Å². The van der Waals surface area contributed by atoms with E-state index in [-0.39, 0.29) is 11.2 Å². The maximum Gasteiger partial charge on any atom is 0.202 e. The van der Waals surface area contributed by atoms with Gasteiger partial charge in [-0.2, -0.15) is 0 Å². The number of nitrogens with one attached hydrogen (secondary N) is 1. The maximum atomic E-state index is 12.8. The van der Waals surface area contributed by atoms with Crippen LogP contribution in [0.25, 0.3) is 21.8 Å². The number of methoxy groups -OCH3 is 1. The maximum absolute atomic E-state index is 12.8. The molecule has 1 unspecified atom stereocenters. The number of carbonyl (C=O) groups is 1. The lowest BCUT2D eigenvalue weighted by Crippen LogP contribution is -2.24. The van der Waals surface area contributed by atoms with E-state index >= 15 is 0 Å². The summed E-state index contributed by atoms with van der Waals surface area (Å²) < 4.78 is 10.9. The second-order valence-corrected chi connectivity index (χ2v) is 6.56. The van der Waals surface area contributed by atoms with E-state index in [0.29, 0.717) is 27.8 Å². The Balaban J connectivity index is 1.63. The highest BCUT2D eigenvalue weighted by Crippen LogP contribution is 2.22. The molecule has 0 bridgehead atoms. The normalized spacial score (nSPS) is 12.1. The van der Waals surface area contributed by atoms with E-state index in [9.17, 15) is 9.59 Å². The Morgan fingerprint density at radius 3 is 2.32 bits per heavy atom. The van der Waals surface area contributed by atoms with Crippen molar-refractivity contribution in [1.82, 2.24) is 4.98 Å². The Bertz CT molecular complexity index is 1230. The first-order valence-electron chi connectivity index (χ1n) is 8.96. The van der Waals surface area contributed by atoms with Gasteiger partial charge in [-0.05, 0) is 61.5 Å². The number of pyridine rings is 1. The number of Topliss-reactive ketones (excluding diaryl/α,β-unsaturated/α-hetero) is 1. The first-order valence-corrected chi connectivity index (χ1v) is 8.96. The SMILES string of the molecule is COc1ccc(C(=O)C(C)Oc2ccc3[nH]c4ccccc4c(=O)c3c2)cc1. The average molecular weight is 373 g/mol. The molecule has 0 amide bonds. The first kappa shape index (κ1) is 17.8. The number of carbonyl (C=O) groups excluding carboxylic acids is 1. The number of ketones is 1. The lowest BCUT2D eigenvalue weighted by molar-refractivity contribution is 0.0818. The minimum absolute atomic E-state index is 0.0658. The minimum atomic E-state index is -0.689. The van der Waals surface area contributed by atoms with Gasteiger partial charge in [0.25, 0.3) is 0 Å². The van der Waals surface area contributed by atoms with Crippen molar-refractivity contribution in [3.05, 3.63) is 82.5 Å². The topological polar surface area (TPSA) is 68.4 Å². The molecule has 0 aliphatic rings. The molecule has 3 aromatic carbocycles. The van der Waals surface area contributed by atoms with Crippen LogP contribution in [0, 0.1) is 0 Å². The molecule has 4 aromatic rings. The number of H-pyrrole nitrogens is 1. The molecule has 0 spiro atoms. The van der Waals surface area contributed by atoms with Crippen molar-refractivity contribution < 1.29 is 14.3 Å². The molecule has 1 heterocycles. The van der Waals surface area contributed by atoms with E-state index in [0.717, 1.165) is 11.0 Å². The van der Waals surface area contributed by atoms with E-state index in [4.69, 9.17) is 9.47 Å². The molecular weight excluding hydrogens is 354 g/mol. The van der Waals surface area contributed by atoms with Crippen molar-refractivity contribution in [2.24, 2.45) is 0 Å². The summed E-state index contributed by atoms with van der Waals surface area (Å²) in [7, 11) is 1.58. The third kappa shape index (κ3) is 3.22. The predicted molar refractivity (Wildman–Crippen MR) is 109 cm³/mol. The number of aromatic amines is 1. The average Bonchev–Trinajstić information content (AvgIpc) is 2.74. The van der Waals surface area contributed by atoms with E-state index < -0.39 is 6.10 Å². The Labute approximate surface area is 161 Å². The molecule has 5 nitrogen and oxygen atoms in total. The fourth-order valence-electron chi connectivity index (χ4n) is 3.22. The molecule has 5 heteroatoms. The number of ether oxygens (including phenoxy) is 2. The van der Waals surface area contributed by atoms with Crippen LogP contribution in [-0.2, 0) is 0 Å². The van der Waals surface area contributed by atoms with Gasteiger partial charge in [-0.1, -0.05) is 12.1 Å². The van der Waals surface area contributed by atoms with E-state index in [1.54, 1.807) is 62.6 Å². The smallest absolute Gasteiger partial charge is 0.202 e. The molecule has 0 saturated carbocycles. The molecule has 0 aliphatic carbocycles. The summed E-state index contributed by atoms with van der Waals surface area (Å²) in [5, 5.41) is 1.15. The number of hydrogen-bond acceptors (Lipinski definition) is 4. The van der Waals surface area contributed by atoms with Crippen molar-refractivity contribution in [3.63, 3.8) is 0 Å². The first-order chi connectivity index (χ1) is 13.6. The number of hydrogen-bond donors (Lipinski definition) is 1. The van der Waals surface area contributed by atoms with Gasteiger partial charge in [0.05, 0.1) is 12.6 Å². The molecule has 0 fully saturated rings. The second kappa shape index (κ2) is 7.19. The summed E-state index contributed by atoms with van der Waals surface area (Å²) in [5.74, 6) is 1.02. The fourth-order valence-corrected chi connectivity index (χ4v) is 3.22. The van der Waals surface area contributed by atoms with Gasteiger partial charge in [0, 0.05) is 21.9 Å². The van der Waals surface area contributed by atoms with Gasteiger partial charge in [0.15, 0.2) is 11.5 Å². The van der Waals surface area contributed by atoms with Gasteiger partial charge in [-0.15, -0.1) is 0 Å². The molecule has 1 atom stereocenters. The molecule has 28 heavy (non-hydrogen) atoms. The zero-order valence-corrected chi connectivity index (χ0v) is 15.6. The highest BCUT2D eigenvalue weighted by atomic mass is 16.5. The molecule has 1 aromatic heterocycles. The van der Waals surface area contributed by atoms with E-state index in [2.05, 4.69) is 4.98 Å². The number of para-hydroxylation sites is 1. The zero-order chi connectivity index (χ0) is 19.7. The third-order valence-electron chi connectivity index (χ3n) is 4.73. The fraction of sp³-hybridized carbons (Fsp3) is 0.130. The number of rotatable bonds is 5. The van der Waals surface area contributed by atoms with Crippen LogP contribution in [0.2, 0.25) is 0 Å². The van der Waals surface area contributed by atoms with E-state index in [1.165, 1.54) is 0 Å². The molecule has 1 N–H and O–H groups in total. The van der Waals surface area contributed by atoms with Gasteiger partial charge in [-0.25, -0.2) is 0 Å². The summed E-state index contributed by atoms with van der Waals surface area (Å²) in [6.45, 7) is 1.70. The second-order valence-electron chi connectivity index (χ2n) is 6.56. The highest BCUT2D eigenvalue weighted by molar-refractivity contribution is 5.99. The minimum Gasteiger partial charge on any atom is -0.497 e. The van der Waals surface area contributed by atoms with Crippen LogP contribution in [0.15, 0.2) is 71.5 Å². The van der Waals surface area contributed by atoms with Crippen molar-refractivity contribution >= 4 is 27.6 Å². The molecule has 0 saturated heterocycles. The number of fused-ring (bicyclic) bond motifs is 2. The van der Waals surface area contributed by atoms with Crippen LogP contribution >= 0.6 is 0 Å². The Kier molecular flexibility index (Phi) is 4.57. The molecular formula is C23H19NO4. The quantitative estimate of drug-likeness (QED) is 0.417. The highest BCUT2D eigenvalue weighted by Gasteiger charge is 2.17. The Morgan fingerprint density at radius 2 is 1.57 bits per heavy atom. The van der Waals surface area contributed by atoms with Gasteiger partial charge in [0.2, 0.25) is 5.78 Å². The van der Waals surface area contributed by atoms with Crippen molar-refractivity contribution in [3.8, 4) is 11.5 Å². The molecule has 4 rings (SSSR count). The lowest BCUT2D eigenvalue weighted by atomic mass is 10.1. The standard InChI is InChI=1S/C23H19NO4/c1-14(22(25)15-7-9-16(27-2)10-8-15)28-17-11-12-21-19(13-17)23(26)18-5-3-4-6-20(18)24-21/h3-14H,1-2H3,(H,24,26). The van der Waals surface area contributed by atoms with Crippen LogP contribution < -0.4 is 14.9 Å². The van der Waals surface area contributed by atoms with Crippen molar-refractivity contribution in [1.29, 1.82) is 0 Å². The molecule has 0 aliphatic heterocycles. The van der Waals surface area contributed by atoms with Crippen LogP contribution in [0.3, 0.4) is 0 Å². The van der Waals surface area contributed by atoms with Crippen LogP contribution in [0.5, 0.6) is 11.5 Å². The third-order valence-corrected chi connectivity index (χ3v) is 4.73. The number of aromatic nitrogens is 1. The zero-order valence-electron chi connectivity index (χ0n) is 15.6. The summed E-state index contributed by atoms with van der Waals surface area (Å²) in [5.41, 5.74) is 1.99. The summed E-state index contributed by atoms with van der Waals surface area (Å²) >= 11 is 0. The Hall–Kier alpha value is -3.60. The summed E-state index contributed by atoms with van der Waals surface area (Å²) in [4.78, 5) is 28.7. The van der Waals surface area contributed by atoms with Crippen LogP contribution in [0.1, 0.15) is 17.3 Å². The lowest BCUT2D eigenvalue weighted by Gasteiger charge is -2.14. The van der Waals surface area contributed by atoms with Gasteiger partial charge in [0.1, 0.15) is 11.5 Å².